The fourth-order valence-electron chi connectivity index (χ4n) is 1.96. The van der Waals surface area contributed by atoms with Gasteiger partial charge in [0.2, 0.25) is 0 Å². The zero-order chi connectivity index (χ0) is 15.5. The maximum Gasteiger partial charge on any atom is 0.175 e. The van der Waals surface area contributed by atoms with Gasteiger partial charge in [-0.05, 0) is 31.0 Å². The van der Waals surface area contributed by atoms with E-state index < -0.39 is 9.84 Å². The minimum absolute atomic E-state index is 0.146. The summed E-state index contributed by atoms with van der Waals surface area (Å²) in [5, 5.41) is 4.48. The van der Waals surface area contributed by atoms with E-state index in [4.69, 9.17) is 0 Å². The van der Waals surface area contributed by atoms with Gasteiger partial charge in [0.1, 0.15) is 5.01 Å². The summed E-state index contributed by atoms with van der Waals surface area (Å²) in [5.41, 5.74) is 1.06. The quantitative estimate of drug-likeness (QED) is 0.887. The van der Waals surface area contributed by atoms with E-state index in [2.05, 4.69) is 24.1 Å². The zero-order valence-electron chi connectivity index (χ0n) is 12.5. The predicted octanol–water partition coefficient (Wildman–Crippen LogP) is 2.96. The number of aryl methyl sites for hydroxylation is 1. The largest absolute Gasteiger partial charge is 0.304 e. The van der Waals surface area contributed by atoms with Gasteiger partial charge in [-0.3, -0.25) is 0 Å². The number of sulfone groups is 1. The van der Waals surface area contributed by atoms with E-state index in [0.29, 0.717) is 4.90 Å². The molecule has 0 saturated carbocycles. The number of thiazole rings is 1. The van der Waals surface area contributed by atoms with Crippen LogP contribution in [0.4, 0.5) is 0 Å². The summed E-state index contributed by atoms with van der Waals surface area (Å²) in [4.78, 5) is 6.02. The lowest BCUT2D eigenvalue weighted by Crippen LogP contribution is -2.18. The van der Waals surface area contributed by atoms with Gasteiger partial charge in [0, 0.05) is 29.9 Å². The maximum atomic E-state index is 11.4. The molecule has 6 heteroatoms. The molecule has 2 aromatic rings. The first-order chi connectivity index (χ1) is 9.90. The molecule has 0 aliphatic carbocycles. The number of nitrogens with zero attached hydrogens (tertiary/aromatic N) is 1. The molecule has 0 bridgehead atoms. The highest BCUT2D eigenvalue weighted by atomic mass is 32.2. The summed E-state index contributed by atoms with van der Waals surface area (Å²) in [6, 6.07) is 7.16. The van der Waals surface area contributed by atoms with E-state index in [1.165, 1.54) is 11.1 Å². The van der Waals surface area contributed by atoms with Crippen molar-refractivity contribution in [3.63, 3.8) is 0 Å². The molecule has 21 heavy (non-hydrogen) atoms. The van der Waals surface area contributed by atoms with Crippen molar-refractivity contribution in [3.8, 4) is 0 Å². The summed E-state index contributed by atoms with van der Waals surface area (Å²) in [6.07, 6.45) is 4.16. The van der Waals surface area contributed by atoms with Crippen LogP contribution in [0.5, 0.6) is 0 Å². The molecule has 4 nitrogen and oxygen atoms in total. The molecular formula is C15H20N2O2S2. The van der Waals surface area contributed by atoms with Gasteiger partial charge in [-0.1, -0.05) is 19.1 Å². The van der Waals surface area contributed by atoms with E-state index in [-0.39, 0.29) is 6.04 Å². The van der Waals surface area contributed by atoms with Gasteiger partial charge in [0.25, 0.3) is 0 Å². The van der Waals surface area contributed by atoms with Crippen molar-refractivity contribution in [3.05, 3.63) is 45.9 Å². The average molecular weight is 324 g/mol. The average Bonchev–Trinajstić information content (AvgIpc) is 2.92. The fourth-order valence-corrected chi connectivity index (χ4v) is 3.40. The second-order valence-corrected chi connectivity index (χ2v) is 8.23. The summed E-state index contributed by atoms with van der Waals surface area (Å²) in [5.74, 6) is 0. The lowest BCUT2D eigenvalue weighted by molar-refractivity contribution is 0.572. The molecule has 1 unspecified atom stereocenters. The van der Waals surface area contributed by atoms with Crippen molar-refractivity contribution in [2.24, 2.45) is 0 Å². The molecule has 0 amide bonds. The monoisotopic (exact) mass is 324 g/mol. The maximum absolute atomic E-state index is 11.4. The number of hydrogen-bond acceptors (Lipinski definition) is 5. The summed E-state index contributed by atoms with van der Waals surface area (Å²) >= 11 is 1.72. The first-order valence-corrected chi connectivity index (χ1v) is 9.58. The molecule has 0 radical (unpaired) electrons. The highest BCUT2D eigenvalue weighted by Crippen LogP contribution is 2.18. The molecule has 1 atom stereocenters. The molecule has 1 aromatic heterocycles. The van der Waals surface area contributed by atoms with Crippen molar-refractivity contribution in [1.82, 2.24) is 10.3 Å². The van der Waals surface area contributed by atoms with Gasteiger partial charge in [-0.2, -0.15) is 0 Å². The van der Waals surface area contributed by atoms with E-state index in [1.807, 2.05) is 18.3 Å². The molecule has 0 aliphatic heterocycles. The van der Waals surface area contributed by atoms with Crippen LogP contribution in [-0.2, 0) is 22.8 Å². The Morgan fingerprint density at radius 1 is 1.29 bits per heavy atom. The molecule has 114 valence electrons. The second kappa shape index (κ2) is 6.68. The highest BCUT2D eigenvalue weighted by Gasteiger charge is 2.10. The molecular weight excluding hydrogens is 304 g/mol. The molecule has 0 spiro atoms. The number of aromatic nitrogens is 1. The van der Waals surface area contributed by atoms with Crippen molar-refractivity contribution in [1.29, 1.82) is 0 Å². The van der Waals surface area contributed by atoms with Crippen LogP contribution in [0.3, 0.4) is 0 Å². The molecule has 0 saturated heterocycles. The predicted molar refractivity (Wildman–Crippen MR) is 86.3 cm³/mol. The number of rotatable bonds is 6. The summed E-state index contributed by atoms with van der Waals surface area (Å²) < 4.78 is 22.9. The van der Waals surface area contributed by atoms with Gasteiger partial charge in [-0.15, -0.1) is 11.3 Å². The van der Waals surface area contributed by atoms with Crippen molar-refractivity contribution in [2.75, 3.05) is 6.26 Å². The van der Waals surface area contributed by atoms with Crippen LogP contribution in [0.25, 0.3) is 0 Å². The van der Waals surface area contributed by atoms with Gasteiger partial charge in [0.15, 0.2) is 9.84 Å². The van der Waals surface area contributed by atoms with Crippen molar-refractivity contribution < 1.29 is 8.42 Å². The second-order valence-electron chi connectivity index (χ2n) is 5.02. The molecule has 2 rings (SSSR count). The Labute approximate surface area is 130 Å². The zero-order valence-corrected chi connectivity index (χ0v) is 14.1. The smallest absolute Gasteiger partial charge is 0.175 e. The van der Waals surface area contributed by atoms with E-state index >= 15 is 0 Å². The van der Waals surface area contributed by atoms with Crippen LogP contribution < -0.4 is 5.32 Å². The topological polar surface area (TPSA) is 59.1 Å². The Morgan fingerprint density at radius 3 is 2.48 bits per heavy atom. The number of hydrogen-bond donors (Lipinski definition) is 1. The lowest BCUT2D eigenvalue weighted by Gasteiger charge is -2.13. The van der Waals surface area contributed by atoms with Gasteiger partial charge in [-0.25, -0.2) is 13.4 Å². The van der Waals surface area contributed by atoms with E-state index in [1.54, 1.807) is 23.5 Å². The van der Waals surface area contributed by atoms with E-state index in [9.17, 15) is 8.42 Å². The first kappa shape index (κ1) is 16.1. The number of nitrogens with one attached hydrogen (secondary N) is 1. The molecule has 1 N–H and O–H groups in total. The van der Waals surface area contributed by atoms with Gasteiger partial charge < -0.3 is 5.32 Å². The van der Waals surface area contributed by atoms with Crippen LogP contribution in [0.1, 0.15) is 35.3 Å². The van der Waals surface area contributed by atoms with Crippen LogP contribution in [0.15, 0.2) is 35.4 Å². The third kappa shape index (κ3) is 4.36. The molecule has 1 heterocycles. The SMILES string of the molecule is CCc1cnc(CNC(C)c2ccc(S(C)(=O)=O)cc2)s1. The Bertz CT molecular complexity index is 691. The minimum Gasteiger partial charge on any atom is -0.304 e. The summed E-state index contributed by atoms with van der Waals surface area (Å²) in [6.45, 7) is 4.90. The Hall–Kier alpha value is -1.24. The Morgan fingerprint density at radius 2 is 1.95 bits per heavy atom. The Kier molecular flexibility index (Phi) is 5.13. The van der Waals surface area contributed by atoms with Crippen LogP contribution >= 0.6 is 11.3 Å². The molecule has 0 fully saturated rings. The number of benzene rings is 1. The van der Waals surface area contributed by atoms with Crippen molar-refractivity contribution >= 4 is 21.2 Å². The standard InChI is InChI=1S/C15H20N2O2S2/c1-4-13-9-17-15(20-13)10-16-11(2)12-5-7-14(8-6-12)21(3,18)19/h5-9,11,16H,4,10H2,1-3H3. The third-order valence-electron chi connectivity index (χ3n) is 3.32. The molecule has 1 aromatic carbocycles. The van der Waals surface area contributed by atoms with Crippen molar-refractivity contribution in [2.45, 2.75) is 37.8 Å². The normalized spacial score (nSPS) is 13.3. The third-order valence-corrected chi connectivity index (χ3v) is 5.59. The van der Waals surface area contributed by atoms with Gasteiger partial charge in [0.05, 0.1) is 4.90 Å². The Balaban J connectivity index is 1.98. The lowest BCUT2D eigenvalue weighted by atomic mass is 10.1. The molecule has 0 aliphatic rings. The van der Waals surface area contributed by atoms with E-state index in [0.717, 1.165) is 23.5 Å². The summed E-state index contributed by atoms with van der Waals surface area (Å²) in [7, 11) is -3.13. The van der Waals surface area contributed by atoms with Gasteiger partial charge >= 0.3 is 0 Å². The minimum atomic E-state index is -3.13. The van der Waals surface area contributed by atoms with Crippen LogP contribution in [0, 0.1) is 0 Å². The first-order valence-electron chi connectivity index (χ1n) is 6.87. The van der Waals surface area contributed by atoms with Crippen LogP contribution in [-0.4, -0.2) is 19.7 Å². The fraction of sp³-hybridized carbons (Fsp3) is 0.400. The van der Waals surface area contributed by atoms with Crippen LogP contribution in [0.2, 0.25) is 0 Å². The highest BCUT2D eigenvalue weighted by molar-refractivity contribution is 7.90.